The molecule has 1 amide bonds. The predicted molar refractivity (Wildman–Crippen MR) is 87.3 cm³/mol. The molecule has 0 aliphatic carbocycles. The van der Waals surface area contributed by atoms with Crippen LogP contribution < -0.4 is 9.47 Å². The highest BCUT2D eigenvalue weighted by Gasteiger charge is 2.32. The first-order valence-electron chi connectivity index (χ1n) is 7.85. The highest BCUT2D eigenvalue weighted by atomic mass is 32.1. The Bertz CT molecular complexity index is 743. The van der Waals surface area contributed by atoms with E-state index in [0.717, 1.165) is 41.5 Å². The highest BCUT2D eigenvalue weighted by Crippen LogP contribution is 2.38. The maximum Gasteiger partial charge on any atom is 0.273 e. The third-order valence-electron chi connectivity index (χ3n) is 4.30. The molecule has 2 aromatic rings. The molecule has 0 radical (unpaired) electrons. The van der Waals surface area contributed by atoms with Crippen molar-refractivity contribution in [1.29, 1.82) is 0 Å². The fraction of sp³-hybridized carbons (Fsp3) is 0.412. The van der Waals surface area contributed by atoms with Crippen molar-refractivity contribution in [3.63, 3.8) is 0 Å². The van der Waals surface area contributed by atoms with Gasteiger partial charge in [-0.25, -0.2) is 4.98 Å². The zero-order chi connectivity index (χ0) is 15.8. The smallest absolute Gasteiger partial charge is 0.273 e. The van der Waals surface area contributed by atoms with E-state index in [4.69, 9.17) is 9.47 Å². The van der Waals surface area contributed by atoms with Crippen molar-refractivity contribution in [3.05, 3.63) is 39.8 Å². The number of carbonyl (C=O) groups excluding carboxylic acids is 1. The van der Waals surface area contributed by atoms with Crippen LogP contribution in [0, 0.1) is 6.92 Å². The van der Waals surface area contributed by atoms with Gasteiger partial charge in [0.25, 0.3) is 5.91 Å². The topological polar surface area (TPSA) is 51.7 Å². The van der Waals surface area contributed by atoms with Crippen molar-refractivity contribution < 1.29 is 14.3 Å². The average Bonchev–Trinajstić information content (AvgIpc) is 3.23. The number of hydrogen-bond donors (Lipinski definition) is 0. The normalized spacial score (nSPS) is 19.9. The minimum atomic E-state index is 0.0201. The molecule has 1 aromatic heterocycles. The van der Waals surface area contributed by atoms with E-state index in [0.29, 0.717) is 18.9 Å². The molecule has 1 aromatic carbocycles. The molecule has 0 spiro atoms. The van der Waals surface area contributed by atoms with Gasteiger partial charge < -0.3 is 14.4 Å². The lowest BCUT2D eigenvalue weighted by atomic mass is 10.0. The van der Waals surface area contributed by atoms with Crippen LogP contribution in [0.1, 0.15) is 39.9 Å². The summed E-state index contributed by atoms with van der Waals surface area (Å²) in [5.74, 6) is 1.58. The van der Waals surface area contributed by atoms with Gasteiger partial charge in [0, 0.05) is 11.9 Å². The molecular weight excluding hydrogens is 312 g/mol. The lowest BCUT2D eigenvalue weighted by Crippen LogP contribution is -2.31. The number of amides is 1. The average molecular weight is 330 g/mol. The van der Waals surface area contributed by atoms with E-state index in [1.165, 1.54) is 11.3 Å². The van der Waals surface area contributed by atoms with Gasteiger partial charge in [0.1, 0.15) is 18.9 Å². The first kappa shape index (κ1) is 14.5. The second kappa shape index (κ2) is 5.85. The Kier molecular flexibility index (Phi) is 3.69. The van der Waals surface area contributed by atoms with Crippen LogP contribution in [0.2, 0.25) is 0 Å². The molecule has 6 heteroatoms. The van der Waals surface area contributed by atoms with E-state index < -0.39 is 0 Å². The van der Waals surface area contributed by atoms with Gasteiger partial charge in [-0.3, -0.25) is 4.79 Å². The van der Waals surface area contributed by atoms with Crippen molar-refractivity contribution in [2.75, 3.05) is 19.8 Å². The molecule has 1 unspecified atom stereocenters. The number of fused-ring (bicyclic) bond motifs is 1. The molecule has 120 valence electrons. The predicted octanol–water partition coefficient (Wildman–Crippen LogP) is 3.20. The molecule has 1 saturated heterocycles. The minimum Gasteiger partial charge on any atom is -0.486 e. The first-order chi connectivity index (χ1) is 11.2. The highest BCUT2D eigenvalue weighted by molar-refractivity contribution is 7.09. The Morgan fingerprint density at radius 3 is 2.91 bits per heavy atom. The van der Waals surface area contributed by atoms with Gasteiger partial charge in [-0.15, -0.1) is 11.3 Å². The zero-order valence-corrected chi connectivity index (χ0v) is 13.8. The molecule has 0 bridgehead atoms. The lowest BCUT2D eigenvalue weighted by Gasteiger charge is -2.26. The third-order valence-corrected chi connectivity index (χ3v) is 5.08. The number of ether oxygens (including phenoxy) is 2. The molecule has 3 heterocycles. The van der Waals surface area contributed by atoms with E-state index in [1.807, 2.05) is 35.4 Å². The van der Waals surface area contributed by atoms with E-state index in [1.54, 1.807) is 0 Å². The van der Waals surface area contributed by atoms with Gasteiger partial charge in [-0.05, 0) is 37.5 Å². The maximum absolute atomic E-state index is 12.7. The van der Waals surface area contributed by atoms with Crippen LogP contribution in [-0.2, 0) is 0 Å². The number of nitrogens with zero attached hydrogens (tertiary/aromatic N) is 2. The summed E-state index contributed by atoms with van der Waals surface area (Å²) in [4.78, 5) is 19.0. The lowest BCUT2D eigenvalue weighted by molar-refractivity contribution is 0.0730. The third kappa shape index (κ3) is 2.67. The van der Waals surface area contributed by atoms with Crippen LogP contribution in [0.25, 0.3) is 0 Å². The van der Waals surface area contributed by atoms with Crippen molar-refractivity contribution in [2.45, 2.75) is 25.8 Å². The molecular formula is C17H18N2O3S. The summed E-state index contributed by atoms with van der Waals surface area (Å²) in [5.41, 5.74) is 1.66. The summed E-state index contributed by atoms with van der Waals surface area (Å²) in [7, 11) is 0. The fourth-order valence-electron chi connectivity index (χ4n) is 3.23. The quantitative estimate of drug-likeness (QED) is 0.848. The molecule has 4 rings (SSSR count). The van der Waals surface area contributed by atoms with Gasteiger partial charge in [0.15, 0.2) is 11.5 Å². The summed E-state index contributed by atoms with van der Waals surface area (Å²) in [5, 5.41) is 2.76. The molecule has 2 aliphatic rings. The number of thiazole rings is 1. The summed E-state index contributed by atoms with van der Waals surface area (Å²) in [6.45, 7) is 3.85. The standard InChI is InChI=1S/C17H18N2O3S/c1-11-18-13(10-23-11)17(20)19-6-2-3-14(19)12-4-5-15-16(9-12)22-8-7-21-15/h4-5,9-10,14H,2-3,6-8H2,1H3. The summed E-state index contributed by atoms with van der Waals surface area (Å²) in [6.07, 6.45) is 1.97. The Morgan fingerprint density at radius 1 is 1.30 bits per heavy atom. The maximum atomic E-state index is 12.7. The summed E-state index contributed by atoms with van der Waals surface area (Å²) < 4.78 is 11.2. The second-order valence-electron chi connectivity index (χ2n) is 5.81. The number of rotatable bonds is 2. The molecule has 23 heavy (non-hydrogen) atoms. The Morgan fingerprint density at radius 2 is 2.13 bits per heavy atom. The molecule has 0 saturated carbocycles. The van der Waals surface area contributed by atoms with E-state index in [9.17, 15) is 4.79 Å². The van der Waals surface area contributed by atoms with Crippen LogP contribution in [0.15, 0.2) is 23.6 Å². The van der Waals surface area contributed by atoms with Crippen molar-refractivity contribution in [3.8, 4) is 11.5 Å². The number of aromatic nitrogens is 1. The molecule has 5 nitrogen and oxygen atoms in total. The van der Waals surface area contributed by atoms with Gasteiger partial charge in [0.05, 0.1) is 11.0 Å². The fourth-order valence-corrected chi connectivity index (χ4v) is 3.82. The summed E-state index contributed by atoms with van der Waals surface area (Å²) >= 11 is 1.51. The van der Waals surface area contributed by atoms with Gasteiger partial charge in [-0.1, -0.05) is 6.07 Å². The Hall–Kier alpha value is -2.08. The van der Waals surface area contributed by atoms with E-state index in [2.05, 4.69) is 4.98 Å². The van der Waals surface area contributed by atoms with Crippen LogP contribution in [0.3, 0.4) is 0 Å². The Balaban J connectivity index is 1.61. The minimum absolute atomic E-state index is 0.0201. The Labute approximate surface area is 138 Å². The van der Waals surface area contributed by atoms with Gasteiger partial charge >= 0.3 is 0 Å². The molecule has 0 N–H and O–H groups in total. The molecule has 1 atom stereocenters. The molecule has 1 fully saturated rings. The SMILES string of the molecule is Cc1nc(C(=O)N2CCCC2c2ccc3c(c2)OCCO3)cs1. The number of carbonyl (C=O) groups is 1. The van der Waals surface area contributed by atoms with Crippen LogP contribution in [-0.4, -0.2) is 35.5 Å². The van der Waals surface area contributed by atoms with Crippen LogP contribution in [0.4, 0.5) is 0 Å². The largest absolute Gasteiger partial charge is 0.486 e. The summed E-state index contributed by atoms with van der Waals surface area (Å²) in [6, 6.07) is 6.07. The van der Waals surface area contributed by atoms with Crippen LogP contribution >= 0.6 is 11.3 Å². The number of hydrogen-bond acceptors (Lipinski definition) is 5. The van der Waals surface area contributed by atoms with Crippen molar-refractivity contribution in [1.82, 2.24) is 9.88 Å². The second-order valence-corrected chi connectivity index (χ2v) is 6.87. The van der Waals surface area contributed by atoms with Crippen molar-refractivity contribution in [2.24, 2.45) is 0 Å². The van der Waals surface area contributed by atoms with E-state index in [-0.39, 0.29) is 11.9 Å². The number of aryl methyl sites for hydroxylation is 1. The van der Waals surface area contributed by atoms with Gasteiger partial charge in [0.2, 0.25) is 0 Å². The van der Waals surface area contributed by atoms with Crippen molar-refractivity contribution >= 4 is 17.2 Å². The number of benzene rings is 1. The van der Waals surface area contributed by atoms with Gasteiger partial charge in [-0.2, -0.15) is 0 Å². The zero-order valence-electron chi connectivity index (χ0n) is 12.9. The molecule has 2 aliphatic heterocycles. The van der Waals surface area contributed by atoms with E-state index >= 15 is 0 Å². The monoisotopic (exact) mass is 330 g/mol. The van der Waals surface area contributed by atoms with Crippen LogP contribution in [0.5, 0.6) is 11.5 Å². The first-order valence-corrected chi connectivity index (χ1v) is 8.73. The number of likely N-dealkylation sites (tertiary alicyclic amines) is 1.